The van der Waals surface area contributed by atoms with E-state index in [1.165, 1.54) is 24.6 Å². The second kappa shape index (κ2) is 7.20. The summed E-state index contributed by atoms with van der Waals surface area (Å²) in [4.78, 5) is 2.54. The van der Waals surface area contributed by atoms with Crippen molar-refractivity contribution in [3.63, 3.8) is 0 Å². The van der Waals surface area contributed by atoms with Crippen LogP contribution in [0, 0.1) is 0 Å². The Morgan fingerprint density at radius 1 is 1.20 bits per heavy atom. The summed E-state index contributed by atoms with van der Waals surface area (Å²) in [6, 6.07) is 10.4. The van der Waals surface area contributed by atoms with Crippen LogP contribution in [0.25, 0.3) is 6.08 Å². The molecule has 1 aliphatic heterocycles. The topological polar surface area (TPSA) is 12.5 Å². The molecule has 1 aliphatic rings. The van der Waals surface area contributed by atoms with Crippen molar-refractivity contribution >= 4 is 19.3 Å². The minimum atomic E-state index is -1.29. The average Bonchev–Trinajstić information content (AvgIpc) is 2.48. The fourth-order valence-electron chi connectivity index (χ4n) is 2.78. The van der Waals surface area contributed by atoms with Gasteiger partial charge in [-0.05, 0) is 18.5 Å². The lowest BCUT2D eigenvalue weighted by molar-refractivity contribution is 0.0379. The van der Waals surface area contributed by atoms with E-state index >= 15 is 0 Å². The summed E-state index contributed by atoms with van der Waals surface area (Å²) in [6.45, 7) is 14.0. The van der Waals surface area contributed by atoms with Crippen LogP contribution in [0.3, 0.4) is 0 Å². The first-order valence-electron chi connectivity index (χ1n) is 7.65. The summed E-state index contributed by atoms with van der Waals surface area (Å²) in [5, 5.41) is 1.56. The first kappa shape index (κ1) is 15.5. The Labute approximate surface area is 124 Å². The van der Waals surface area contributed by atoms with Crippen LogP contribution in [-0.4, -0.2) is 45.8 Å². The average molecular weight is 289 g/mol. The van der Waals surface area contributed by atoms with E-state index in [9.17, 15) is 0 Å². The number of ether oxygens (including phenoxy) is 1. The largest absolute Gasteiger partial charge is 0.379 e. The fourth-order valence-corrected chi connectivity index (χ4v) is 5.18. The SMILES string of the molecule is C=Cc1ccc([Si](C)(C)CCCN2CCOCC2)cc1. The van der Waals surface area contributed by atoms with E-state index in [-0.39, 0.29) is 0 Å². The van der Waals surface area contributed by atoms with Crippen molar-refractivity contribution in [3.05, 3.63) is 36.4 Å². The summed E-state index contributed by atoms with van der Waals surface area (Å²) >= 11 is 0. The van der Waals surface area contributed by atoms with Crippen LogP contribution in [0.1, 0.15) is 12.0 Å². The van der Waals surface area contributed by atoms with Crippen LogP contribution in [0.4, 0.5) is 0 Å². The predicted molar refractivity (Wildman–Crippen MR) is 90.3 cm³/mol. The van der Waals surface area contributed by atoms with Gasteiger partial charge in [0.15, 0.2) is 0 Å². The third kappa shape index (κ3) is 4.30. The number of hydrogen-bond acceptors (Lipinski definition) is 2. The van der Waals surface area contributed by atoms with Crippen molar-refractivity contribution in [2.45, 2.75) is 25.6 Å². The van der Waals surface area contributed by atoms with Gasteiger partial charge in [-0.2, -0.15) is 0 Å². The molecule has 0 aromatic heterocycles. The number of morpholine rings is 1. The molecule has 0 N–H and O–H groups in total. The highest BCUT2D eigenvalue weighted by Crippen LogP contribution is 2.14. The molecule has 0 spiro atoms. The van der Waals surface area contributed by atoms with Gasteiger partial charge in [-0.15, -0.1) is 0 Å². The molecular weight excluding hydrogens is 262 g/mol. The third-order valence-electron chi connectivity index (χ3n) is 4.31. The van der Waals surface area contributed by atoms with Crippen molar-refractivity contribution in [2.24, 2.45) is 0 Å². The molecule has 0 amide bonds. The zero-order valence-electron chi connectivity index (χ0n) is 12.9. The van der Waals surface area contributed by atoms with Crippen LogP contribution in [0.2, 0.25) is 19.1 Å². The van der Waals surface area contributed by atoms with E-state index < -0.39 is 8.07 Å². The third-order valence-corrected chi connectivity index (χ3v) is 7.81. The molecule has 1 fully saturated rings. The zero-order chi connectivity index (χ0) is 14.4. The van der Waals surface area contributed by atoms with E-state index in [0.717, 1.165) is 26.3 Å². The Hall–Kier alpha value is -0.903. The van der Waals surface area contributed by atoms with Gasteiger partial charge < -0.3 is 4.74 Å². The molecular formula is C17H27NOSi. The Balaban J connectivity index is 1.84. The molecule has 0 aliphatic carbocycles. The normalized spacial score (nSPS) is 17.1. The van der Waals surface area contributed by atoms with Gasteiger partial charge in [0, 0.05) is 13.1 Å². The molecule has 110 valence electrons. The molecule has 20 heavy (non-hydrogen) atoms. The van der Waals surface area contributed by atoms with Gasteiger partial charge in [0.05, 0.1) is 21.3 Å². The van der Waals surface area contributed by atoms with Crippen LogP contribution in [0.5, 0.6) is 0 Å². The first-order valence-corrected chi connectivity index (χ1v) is 10.9. The summed E-state index contributed by atoms with van der Waals surface area (Å²) in [6.07, 6.45) is 3.22. The molecule has 1 saturated heterocycles. The van der Waals surface area contributed by atoms with Crippen molar-refractivity contribution in [1.29, 1.82) is 0 Å². The van der Waals surface area contributed by atoms with Gasteiger partial charge >= 0.3 is 0 Å². The molecule has 3 heteroatoms. The van der Waals surface area contributed by atoms with Gasteiger partial charge in [0.25, 0.3) is 0 Å². The maximum atomic E-state index is 5.40. The number of hydrogen-bond donors (Lipinski definition) is 0. The quantitative estimate of drug-likeness (QED) is 0.747. The number of nitrogens with zero attached hydrogens (tertiary/aromatic N) is 1. The second-order valence-electron chi connectivity index (χ2n) is 6.27. The lowest BCUT2D eigenvalue weighted by Gasteiger charge is -2.29. The maximum Gasteiger partial charge on any atom is 0.0806 e. The van der Waals surface area contributed by atoms with E-state index in [1.807, 2.05) is 6.08 Å². The van der Waals surface area contributed by atoms with Gasteiger partial charge in [-0.3, -0.25) is 4.90 Å². The van der Waals surface area contributed by atoms with Gasteiger partial charge in [-0.25, -0.2) is 0 Å². The summed E-state index contributed by atoms with van der Waals surface area (Å²) in [5.41, 5.74) is 1.21. The summed E-state index contributed by atoms with van der Waals surface area (Å²) in [7, 11) is -1.29. The Kier molecular flexibility index (Phi) is 5.58. The fraction of sp³-hybridized carbons (Fsp3) is 0.529. The molecule has 1 heterocycles. The van der Waals surface area contributed by atoms with Crippen LogP contribution in [-0.2, 0) is 4.74 Å². The molecule has 2 rings (SSSR count). The molecule has 0 bridgehead atoms. The van der Waals surface area contributed by atoms with E-state index in [0.29, 0.717) is 0 Å². The van der Waals surface area contributed by atoms with Gasteiger partial charge in [0.1, 0.15) is 0 Å². The maximum absolute atomic E-state index is 5.40. The van der Waals surface area contributed by atoms with Crippen molar-refractivity contribution in [1.82, 2.24) is 4.90 Å². The van der Waals surface area contributed by atoms with Crippen molar-refractivity contribution in [3.8, 4) is 0 Å². The highest BCUT2D eigenvalue weighted by molar-refractivity contribution is 6.89. The lowest BCUT2D eigenvalue weighted by atomic mass is 10.2. The molecule has 0 saturated carbocycles. The minimum absolute atomic E-state index is 0.907. The zero-order valence-corrected chi connectivity index (χ0v) is 13.9. The molecule has 1 aromatic carbocycles. The summed E-state index contributed by atoms with van der Waals surface area (Å²) in [5.74, 6) is 0. The lowest BCUT2D eigenvalue weighted by Crippen LogP contribution is -2.42. The molecule has 2 nitrogen and oxygen atoms in total. The van der Waals surface area contributed by atoms with Crippen LogP contribution < -0.4 is 5.19 Å². The van der Waals surface area contributed by atoms with Crippen molar-refractivity contribution < 1.29 is 4.74 Å². The first-order chi connectivity index (χ1) is 9.62. The van der Waals surface area contributed by atoms with Crippen LogP contribution in [0.15, 0.2) is 30.8 Å². The Morgan fingerprint density at radius 3 is 2.45 bits per heavy atom. The van der Waals surface area contributed by atoms with Crippen LogP contribution >= 0.6 is 0 Å². The van der Waals surface area contributed by atoms with E-state index in [1.54, 1.807) is 5.19 Å². The van der Waals surface area contributed by atoms with E-state index in [2.05, 4.69) is 48.8 Å². The Morgan fingerprint density at radius 2 is 1.85 bits per heavy atom. The molecule has 1 aromatic rings. The monoisotopic (exact) mass is 289 g/mol. The second-order valence-corrected chi connectivity index (χ2v) is 11.1. The van der Waals surface area contributed by atoms with Gasteiger partial charge in [0.2, 0.25) is 0 Å². The smallest absolute Gasteiger partial charge is 0.0806 e. The number of rotatable bonds is 6. The molecule has 0 atom stereocenters. The highest BCUT2D eigenvalue weighted by Gasteiger charge is 2.23. The highest BCUT2D eigenvalue weighted by atomic mass is 28.3. The summed E-state index contributed by atoms with van der Waals surface area (Å²) < 4.78 is 5.40. The molecule has 0 unspecified atom stereocenters. The number of benzene rings is 1. The molecule has 0 radical (unpaired) electrons. The van der Waals surface area contributed by atoms with Gasteiger partial charge in [-0.1, -0.05) is 61.2 Å². The van der Waals surface area contributed by atoms with Crippen molar-refractivity contribution in [2.75, 3.05) is 32.8 Å². The minimum Gasteiger partial charge on any atom is -0.379 e. The Bertz CT molecular complexity index is 421. The van der Waals surface area contributed by atoms with E-state index in [4.69, 9.17) is 4.74 Å². The predicted octanol–water partition coefficient (Wildman–Crippen LogP) is 2.97. The standard InChI is InChI=1S/C17H27NOSi/c1-4-16-6-8-17(9-7-16)20(2,3)15-5-10-18-11-13-19-14-12-18/h4,6-9H,1,5,10-15H2,2-3H3.